The summed E-state index contributed by atoms with van der Waals surface area (Å²) >= 11 is 11.8. The van der Waals surface area contributed by atoms with Crippen molar-refractivity contribution in [2.45, 2.75) is 6.18 Å². The summed E-state index contributed by atoms with van der Waals surface area (Å²) in [7, 11) is -4.10. The van der Waals surface area contributed by atoms with Crippen LogP contribution in [0.3, 0.4) is 0 Å². The molecule has 0 saturated heterocycles. The maximum atomic E-state index is 13.0. The van der Waals surface area contributed by atoms with Crippen LogP contribution in [0.1, 0.15) is 5.56 Å². The maximum absolute atomic E-state index is 13.0. The average Bonchev–Trinajstić information content (AvgIpc) is 2.63. The molecular weight excluding hydrogens is 468 g/mol. The third kappa shape index (κ3) is 6.68. The number of ether oxygens (including phenoxy) is 1. The second-order valence-corrected chi connectivity index (χ2v) is 8.78. The van der Waals surface area contributed by atoms with Gasteiger partial charge < -0.3 is 10.1 Å². The van der Waals surface area contributed by atoms with Crippen LogP contribution in [0.5, 0.6) is 5.75 Å². The van der Waals surface area contributed by atoms with Gasteiger partial charge in [0, 0.05) is 0 Å². The minimum atomic E-state index is -4.71. The summed E-state index contributed by atoms with van der Waals surface area (Å²) in [4.78, 5) is 12.2. The summed E-state index contributed by atoms with van der Waals surface area (Å²) in [6.07, 6.45) is -3.95. The number of benzene rings is 2. The number of alkyl halides is 3. The van der Waals surface area contributed by atoms with E-state index in [0.717, 1.165) is 18.4 Å². The van der Waals surface area contributed by atoms with Crippen molar-refractivity contribution in [1.82, 2.24) is 5.32 Å². The zero-order valence-corrected chi connectivity index (χ0v) is 17.9. The predicted molar refractivity (Wildman–Crippen MR) is 109 cm³/mol. The third-order valence-electron chi connectivity index (χ3n) is 3.75. The number of sulfonamides is 1. The van der Waals surface area contributed by atoms with Crippen LogP contribution in [-0.2, 0) is 21.0 Å². The number of nitrogens with one attached hydrogen (secondary N) is 1. The second-order valence-electron chi connectivity index (χ2n) is 6.06. The molecule has 0 bridgehead atoms. The number of hydrogen-bond donors (Lipinski definition) is 1. The molecular formula is C18H17Cl2F3N2O4S. The van der Waals surface area contributed by atoms with Gasteiger partial charge >= 0.3 is 6.18 Å². The van der Waals surface area contributed by atoms with Gasteiger partial charge in [-0.05, 0) is 30.3 Å². The Bertz CT molecular complexity index is 1020. The number of anilines is 1. The molecule has 12 heteroatoms. The van der Waals surface area contributed by atoms with Crippen molar-refractivity contribution in [2.75, 3.05) is 30.3 Å². The minimum absolute atomic E-state index is 0.0119. The Hall–Kier alpha value is -2.17. The fraction of sp³-hybridized carbons (Fsp3) is 0.278. The molecule has 30 heavy (non-hydrogen) atoms. The SMILES string of the molecule is CS(=O)(=O)N(CC(=O)NCCOc1ccccc1Cl)c1cc(C(F)(F)F)ccc1Cl. The molecule has 0 radical (unpaired) electrons. The number of nitrogens with zero attached hydrogens (tertiary/aromatic N) is 1. The number of carbonyl (C=O) groups is 1. The first-order valence-corrected chi connectivity index (χ1v) is 11.0. The Balaban J connectivity index is 2.07. The van der Waals surface area contributed by atoms with Crippen LogP contribution < -0.4 is 14.4 Å². The summed E-state index contributed by atoms with van der Waals surface area (Å²) in [5.41, 5.74) is -1.54. The summed E-state index contributed by atoms with van der Waals surface area (Å²) in [6.45, 7) is -0.706. The Morgan fingerprint density at radius 2 is 1.80 bits per heavy atom. The molecule has 0 aliphatic rings. The summed E-state index contributed by atoms with van der Waals surface area (Å²) < 4.78 is 69.0. The lowest BCUT2D eigenvalue weighted by Gasteiger charge is -2.24. The topological polar surface area (TPSA) is 75.7 Å². The molecule has 2 aromatic rings. The van der Waals surface area contributed by atoms with Crippen LogP contribution in [0.2, 0.25) is 10.0 Å². The standard InChI is InChI=1S/C18H17Cl2F3N2O4S/c1-30(27,28)25(15-10-12(18(21,22)23)6-7-13(15)19)11-17(26)24-8-9-29-16-5-3-2-4-14(16)20/h2-7,10H,8-9,11H2,1H3,(H,24,26). The van der Waals surface area contributed by atoms with E-state index < -0.39 is 39.9 Å². The van der Waals surface area contributed by atoms with Crippen LogP contribution >= 0.6 is 23.2 Å². The zero-order chi connectivity index (χ0) is 22.5. The molecule has 0 aromatic heterocycles. The van der Waals surface area contributed by atoms with Crippen molar-refractivity contribution in [3.63, 3.8) is 0 Å². The van der Waals surface area contributed by atoms with Crippen molar-refractivity contribution in [2.24, 2.45) is 0 Å². The van der Waals surface area contributed by atoms with Crippen molar-refractivity contribution in [3.8, 4) is 5.75 Å². The lowest BCUT2D eigenvalue weighted by atomic mass is 10.2. The summed E-state index contributed by atoms with van der Waals surface area (Å²) in [6, 6.07) is 8.91. The van der Waals surface area contributed by atoms with Crippen LogP contribution in [0.4, 0.5) is 18.9 Å². The summed E-state index contributed by atoms with van der Waals surface area (Å²) in [5, 5.41) is 2.56. The number of amides is 1. The molecule has 0 heterocycles. The third-order valence-corrected chi connectivity index (χ3v) is 5.51. The van der Waals surface area contributed by atoms with E-state index in [1.165, 1.54) is 0 Å². The molecule has 0 aliphatic heterocycles. The van der Waals surface area contributed by atoms with Gasteiger partial charge in [0.25, 0.3) is 0 Å². The lowest BCUT2D eigenvalue weighted by molar-refractivity contribution is -0.137. The van der Waals surface area contributed by atoms with E-state index in [2.05, 4.69) is 5.32 Å². The van der Waals surface area contributed by atoms with E-state index in [9.17, 15) is 26.4 Å². The first-order valence-electron chi connectivity index (χ1n) is 8.38. The molecule has 2 rings (SSSR count). The van der Waals surface area contributed by atoms with Crippen molar-refractivity contribution >= 4 is 44.8 Å². The molecule has 0 saturated carbocycles. The fourth-order valence-electron chi connectivity index (χ4n) is 2.36. The Morgan fingerprint density at radius 3 is 2.40 bits per heavy atom. The van der Waals surface area contributed by atoms with Gasteiger partial charge in [-0.25, -0.2) is 8.42 Å². The molecule has 164 valence electrons. The number of hydrogen-bond acceptors (Lipinski definition) is 4. The first-order chi connectivity index (χ1) is 13.9. The largest absolute Gasteiger partial charge is 0.490 e. The quantitative estimate of drug-likeness (QED) is 0.575. The van der Waals surface area contributed by atoms with Crippen molar-refractivity contribution in [1.29, 1.82) is 0 Å². The Morgan fingerprint density at radius 1 is 1.13 bits per heavy atom. The van der Waals surface area contributed by atoms with E-state index in [1.54, 1.807) is 24.3 Å². The van der Waals surface area contributed by atoms with Gasteiger partial charge in [0.1, 0.15) is 18.9 Å². The van der Waals surface area contributed by atoms with E-state index >= 15 is 0 Å². The molecule has 1 amide bonds. The monoisotopic (exact) mass is 484 g/mol. The predicted octanol–water partition coefficient (Wildman–Crippen LogP) is 3.97. The van der Waals surface area contributed by atoms with Crippen LogP contribution in [0.15, 0.2) is 42.5 Å². The van der Waals surface area contributed by atoms with E-state index in [4.69, 9.17) is 27.9 Å². The summed E-state index contributed by atoms with van der Waals surface area (Å²) in [5.74, 6) is -0.349. The number of halogens is 5. The van der Waals surface area contributed by atoms with Gasteiger partial charge in [-0.15, -0.1) is 0 Å². The highest BCUT2D eigenvalue weighted by Crippen LogP contribution is 2.36. The Kier molecular flexibility index (Phi) is 7.84. The minimum Gasteiger partial charge on any atom is -0.490 e. The fourth-order valence-corrected chi connectivity index (χ4v) is 3.68. The van der Waals surface area contributed by atoms with E-state index in [1.807, 2.05) is 0 Å². The maximum Gasteiger partial charge on any atom is 0.416 e. The van der Waals surface area contributed by atoms with Gasteiger partial charge in [0.05, 0.1) is 34.1 Å². The Labute approximate surface area is 181 Å². The first kappa shape index (κ1) is 24.1. The zero-order valence-electron chi connectivity index (χ0n) is 15.5. The van der Waals surface area contributed by atoms with Gasteiger partial charge in [0.2, 0.25) is 15.9 Å². The molecule has 0 fully saturated rings. The number of para-hydroxylation sites is 1. The lowest BCUT2D eigenvalue weighted by Crippen LogP contribution is -2.41. The van der Waals surface area contributed by atoms with Gasteiger partial charge in [0.15, 0.2) is 0 Å². The number of rotatable bonds is 8. The smallest absolute Gasteiger partial charge is 0.416 e. The molecule has 0 atom stereocenters. The molecule has 2 aromatic carbocycles. The normalized spacial score (nSPS) is 11.8. The van der Waals surface area contributed by atoms with E-state index in [0.29, 0.717) is 21.1 Å². The van der Waals surface area contributed by atoms with E-state index in [-0.39, 0.29) is 18.2 Å². The highest BCUT2D eigenvalue weighted by molar-refractivity contribution is 7.92. The van der Waals surface area contributed by atoms with Gasteiger partial charge in [-0.3, -0.25) is 9.10 Å². The highest BCUT2D eigenvalue weighted by Gasteiger charge is 2.33. The van der Waals surface area contributed by atoms with Gasteiger partial charge in [-0.2, -0.15) is 13.2 Å². The van der Waals surface area contributed by atoms with Crippen LogP contribution in [-0.4, -0.2) is 40.3 Å². The van der Waals surface area contributed by atoms with Crippen LogP contribution in [0, 0.1) is 0 Å². The molecule has 0 unspecified atom stereocenters. The molecule has 6 nitrogen and oxygen atoms in total. The van der Waals surface area contributed by atoms with Crippen molar-refractivity contribution < 1.29 is 31.1 Å². The van der Waals surface area contributed by atoms with Crippen LogP contribution in [0.25, 0.3) is 0 Å². The molecule has 1 N–H and O–H groups in total. The molecule has 0 aliphatic carbocycles. The second kappa shape index (κ2) is 9.76. The average molecular weight is 485 g/mol. The van der Waals surface area contributed by atoms with Gasteiger partial charge in [-0.1, -0.05) is 35.3 Å². The highest BCUT2D eigenvalue weighted by atomic mass is 35.5. The molecule has 0 spiro atoms. The van der Waals surface area contributed by atoms with Crippen molar-refractivity contribution in [3.05, 3.63) is 58.1 Å². The number of carbonyl (C=O) groups excluding carboxylic acids is 1.